The van der Waals surface area contributed by atoms with Crippen LogP contribution in [0.1, 0.15) is 48.9 Å². The first-order valence-corrected chi connectivity index (χ1v) is 8.59. The molecule has 0 aliphatic heterocycles. The molecule has 1 aliphatic rings. The first-order chi connectivity index (χ1) is 10.1. The molecule has 1 saturated carbocycles. The summed E-state index contributed by atoms with van der Waals surface area (Å²) in [4.78, 5) is 10.1. The van der Waals surface area contributed by atoms with Gasteiger partial charge in [-0.2, -0.15) is 0 Å². The van der Waals surface area contributed by atoms with Crippen LogP contribution >= 0.6 is 11.3 Å². The lowest BCUT2D eigenvalue weighted by molar-refractivity contribution is 0.00859. The second-order valence-corrected chi connectivity index (χ2v) is 7.02. The van der Waals surface area contributed by atoms with Crippen molar-refractivity contribution in [2.24, 2.45) is 4.99 Å². The Bertz CT molecular complexity index is 466. The number of aryl methyl sites for hydroxylation is 1. The van der Waals surface area contributed by atoms with Crippen LogP contribution in [-0.2, 0) is 6.54 Å². The molecule has 1 fully saturated rings. The second-order valence-electron chi connectivity index (χ2n) is 5.70. The zero-order valence-electron chi connectivity index (χ0n) is 13.0. The van der Waals surface area contributed by atoms with Crippen molar-refractivity contribution in [3.63, 3.8) is 0 Å². The van der Waals surface area contributed by atoms with E-state index in [4.69, 9.17) is 0 Å². The van der Waals surface area contributed by atoms with E-state index in [-0.39, 0.29) is 0 Å². The Hall–Kier alpha value is -1.14. The number of hydrogen-bond donors (Lipinski definition) is 3. The Morgan fingerprint density at radius 2 is 2.14 bits per heavy atom. The summed E-state index contributed by atoms with van der Waals surface area (Å²) in [5, 5.41) is 18.0. The molecule has 0 saturated heterocycles. The standard InChI is InChI=1S/C15H26N4OS/c1-3-16-14(18-10-13-17-9-12(2)21-13)19-11-15(20)7-5-4-6-8-15/h9,20H,3-8,10-11H2,1-2H3,(H2,16,18,19). The maximum Gasteiger partial charge on any atom is 0.191 e. The molecule has 6 heteroatoms. The molecule has 1 aliphatic carbocycles. The molecule has 0 amide bonds. The topological polar surface area (TPSA) is 69.5 Å². The Balaban J connectivity index is 1.88. The van der Waals surface area contributed by atoms with Crippen molar-refractivity contribution in [2.75, 3.05) is 13.1 Å². The molecule has 118 valence electrons. The SMILES string of the molecule is CCNC(=NCc1ncc(C)s1)NCC1(O)CCCCC1. The largest absolute Gasteiger partial charge is 0.388 e. The maximum atomic E-state index is 10.5. The van der Waals surface area contributed by atoms with Gasteiger partial charge < -0.3 is 15.7 Å². The molecule has 0 unspecified atom stereocenters. The van der Waals surface area contributed by atoms with Gasteiger partial charge in [-0.25, -0.2) is 9.98 Å². The molecular weight excluding hydrogens is 284 g/mol. The number of nitrogens with zero attached hydrogens (tertiary/aromatic N) is 2. The number of aromatic nitrogens is 1. The quantitative estimate of drug-likeness (QED) is 0.576. The second kappa shape index (κ2) is 7.75. The highest BCUT2D eigenvalue weighted by molar-refractivity contribution is 7.11. The minimum absolute atomic E-state index is 0.565. The van der Waals surface area contributed by atoms with Crippen LogP contribution in [0.15, 0.2) is 11.2 Å². The fourth-order valence-electron chi connectivity index (χ4n) is 2.60. The first-order valence-electron chi connectivity index (χ1n) is 7.77. The molecule has 0 spiro atoms. The van der Waals surface area contributed by atoms with E-state index in [0.29, 0.717) is 13.1 Å². The van der Waals surface area contributed by atoms with Gasteiger partial charge in [-0.05, 0) is 26.7 Å². The van der Waals surface area contributed by atoms with Crippen molar-refractivity contribution in [1.82, 2.24) is 15.6 Å². The van der Waals surface area contributed by atoms with Crippen LogP contribution in [0.5, 0.6) is 0 Å². The fraction of sp³-hybridized carbons (Fsp3) is 0.733. The van der Waals surface area contributed by atoms with E-state index < -0.39 is 5.60 Å². The van der Waals surface area contributed by atoms with Gasteiger partial charge in [0.05, 0.1) is 12.1 Å². The molecular formula is C15H26N4OS. The summed E-state index contributed by atoms with van der Waals surface area (Å²) >= 11 is 1.67. The van der Waals surface area contributed by atoms with Gasteiger partial charge in [0.1, 0.15) is 5.01 Å². The van der Waals surface area contributed by atoms with Crippen molar-refractivity contribution in [2.45, 2.75) is 58.1 Å². The van der Waals surface area contributed by atoms with Crippen LogP contribution in [-0.4, -0.2) is 34.7 Å². The van der Waals surface area contributed by atoms with Gasteiger partial charge in [-0.15, -0.1) is 11.3 Å². The Morgan fingerprint density at radius 1 is 1.38 bits per heavy atom. The Kier molecular flexibility index (Phi) is 5.99. The normalized spacial score (nSPS) is 18.5. The highest BCUT2D eigenvalue weighted by Gasteiger charge is 2.29. The van der Waals surface area contributed by atoms with E-state index in [1.54, 1.807) is 11.3 Å². The molecule has 5 nitrogen and oxygen atoms in total. The molecule has 0 aromatic carbocycles. The minimum atomic E-state index is -0.577. The highest BCUT2D eigenvalue weighted by Crippen LogP contribution is 2.27. The molecule has 3 N–H and O–H groups in total. The minimum Gasteiger partial charge on any atom is -0.388 e. The molecule has 2 rings (SSSR count). The molecule has 21 heavy (non-hydrogen) atoms. The third-order valence-corrected chi connectivity index (χ3v) is 4.65. The summed E-state index contributed by atoms with van der Waals surface area (Å²) in [5.41, 5.74) is -0.577. The molecule has 0 atom stereocenters. The van der Waals surface area contributed by atoms with E-state index in [1.165, 1.54) is 11.3 Å². The van der Waals surface area contributed by atoms with Gasteiger partial charge in [0, 0.05) is 24.2 Å². The van der Waals surface area contributed by atoms with Crippen molar-refractivity contribution < 1.29 is 5.11 Å². The molecule has 0 radical (unpaired) electrons. The van der Waals surface area contributed by atoms with E-state index in [1.807, 2.05) is 20.0 Å². The number of aliphatic hydroxyl groups is 1. The fourth-order valence-corrected chi connectivity index (χ4v) is 3.31. The van der Waals surface area contributed by atoms with Gasteiger partial charge >= 0.3 is 0 Å². The third kappa shape index (κ3) is 5.28. The summed E-state index contributed by atoms with van der Waals surface area (Å²) in [6.07, 6.45) is 7.10. The number of hydrogen-bond acceptors (Lipinski definition) is 4. The van der Waals surface area contributed by atoms with Gasteiger partial charge in [-0.1, -0.05) is 19.3 Å². The average Bonchev–Trinajstić information content (AvgIpc) is 2.88. The molecule has 1 heterocycles. The average molecular weight is 310 g/mol. The monoisotopic (exact) mass is 310 g/mol. The number of rotatable bonds is 5. The summed E-state index contributed by atoms with van der Waals surface area (Å²) in [6, 6.07) is 0. The van der Waals surface area contributed by atoms with Crippen LogP contribution in [0, 0.1) is 6.92 Å². The van der Waals surface area contributed by atoms with Crippen LogP contribution < -0.4 is 10.6 Å². The highest BCUT2D eigenvalue weighted by atomic mass is 32.1. The smallest absolute Gasteiger partial charge is 0.191 e. The van der Waals surface area contributed by atoms with Crippen molar-refractivity contribution in [1.29, 1.82) is 0 Å². The summed E-state index contributed by atoms with van der Waals surface area (Å²) in [5.74, 6) is 0.754. The molecule has 1 aromatic rings. The lowest BCUT2D eigenvalue weighted by atomic mass is 9.85. The van der Waals surface area contributed by atoms with E-state index >= 15 is 0 Å². The number of thiazole rings is 1. The van der Waals surface area contributed by atoms with Crippen molar-refractivity contribution >= 4 is 17.3 Å². The summed E-state index contributed by atoms with van der Waals surface area (Å²) in [7, 11) is 0. The molecule has 1 aromatic heterocycles. The Labute approximate surface area is 130 Å². The van der Waals surface area contributed by atoms with Gasteiger partial charge in [0.15, 0.2) is 5.96 Å². The predicted molar refractivity (Wildman–Crippen MR) is 87.7 cm³/mol. The van der Waals surface area contributed by atoms with Gasteiger partial charge in [0.2, 0.25) is 0 Å². The van der Waals surface area contributed by atoms with Gasteiger partial charge in [-0.3, -0.25) is 0 Å². The third-order valence-electron chi connectivity index (χ3n) is 3.75. The molecule has 0 bridgehead atoms. The predicted octanol–water partition coefficient (Wildman–Crippen LogP) is 2.20. The van der Waals surface area contributed by atoms with Crippen molar-refractivity contribution in [3.8, 4) is 0 Å². The maximum absolute atomic E-state index is 10.5. The number of aliphatic imine (C=N–C) groups is 1. The zero-order chi connectivity index (χ0) is 15.1. The van der Waals surface area contributed by atoms with Crippen LogP contribution in [0.2, 0.25) is 0 Å². The van der Waals surface area contributed by atoms with Crippen molar-refractivity contribution in [3.05, 3.63) is 16.1 Å². The lowest BCUT2D eigenvalue weighted by Crippen LogP contribution is -2.48. The zero-order valence-corrected chi connectivity index (χ0v) is 13.8. The summed E-state index contributed by atoms with van der Waals surface area (Å²) < 4.78 is 0. The Morgan fingerprint density at radius 3 is 2.76 bits per heavy atom. The number of nitrogens with one attached hydrogen (secondary N) is 2. The number of guanidine groups is 1. The van der Waals surface area contributed by atoms with Crippen LogP contribution in [0.3, 0.4) is 0 Å². The van der Waals surface area contributed by atoms with Gasteiger partial charge in [0.25, 0.3) is 0 Å². The lowest BCUT2D eigenvalue weighted by Gasteiger charge is -2.32. The van der Waals surface area contributed by atoms with E-state index in [9.17, 15) is 5.11 Å². The van der Waals surface area contributed by atoms with Crippen LogP contribution in [0.25, 0.3) is 0 Å². The summed E-state index contributed by atoms with van der Waals surface area (Å²) in [6.45, 7) is 6.04. The van der Waals surface area contributed by atoms with Crippen LogP contribution in [0.4, 0.5) is 0 Å². The first kappa shape index (κ1) is 16.2. The van der Waals surface area contributed by atoms with E-state index in [2.05, 4.69) is 20.6 Å². The van der Waals surface area contributed by atoms with E-state index in [0.717, 1.165) is 43.2 Å².